The molecule has 0 aliphatic heterocycles. The van der Waals surface area contributed by atoms with Crippen LogP contribution in [-0.4, -0.2) is 17.9 Å². The van der Waals surface area contributed by atoms with Crippen molar-refractivity contribution in [2.45, 2.75) is 6.92 Å². The highest BCUT2D eigenvalue weighted by Crippen LogP contribution is 2.29. The fourth-order valence-corrected chi connectivity index (χ4v) is 2.78. The molecule has 0 spiro atoms. The number of hydrogen-bond donors (Lipinski definition) is 1. The standard InChI is InChI=1S/C22H17N3O5/c1-14-11-17(25(27)28)5-9-20(14)21-10-8-19(30-21)12-15(13-23)22(26)24-16-3-6-18(29-2)7-4-16/h3-12H,1-2H3,(H,24,26)/b15-12-. The number of nitrogens with zero attached hydrogens (tertiary/aromatic N) is 2. The van der Waals surface area contributed by atoms with Gasteiger partial charge in [-0.1, -0.05) is 0 Å². The van der Waals surface area contributed by atoms with Gasteiger partial charge in [0.1, 0.15) is 28.9 Å². The highest BCUT2D eigenvalue weighted by atomic mass is 16.6. The Morgan fingerprint density at radius 2 is 1.93 bits per heavy atom. The van der Waals surface area contributed by atoms with Crippen LogP contribution in [0, 0.1) is 28.4 Å². The maximum atomic E-state index is 12.4. The molecule has 3 aromatic rings. The summed E-state index contributed by atoms with van der Waals surface area (Å²) in [4.78, 5) is 22.8. The molecule has 0 atom stereocenters. The number of furan rings is 1. The van der Waals surface area contributed by atoms with E-state index in [0.29, 0.717) is 34.1 Å². The third-order valence-corrected chi connectivity index (χ3v) is 4.31. The van der Waals surface area contributed by atoms with Crippen LogP contribution in [0.5, 0.6) is 5.75 Å². The molecule has 3 rings (SSSR count). The van der Waals surface area contributed by atoms with Gasteiger partial charge in [-0.05, 0) is 55.0 Å². The van der Waals surface area contributed by atoms with Crippen LogP contribution in [0.4, 0.5) is 11.4 Å². The van der Waals surface area contributed by atoms with Gasteiger partial charge in [0.05, 0.1) is 12.0 Å². The van der Waals surface area contributed by atoms with E-state index in [1.807, 2.05) is 6.07 Å². The Morgan fingerprint density at radius 1 is 1.20 bits per heavy atom. The number of ether oxygens (including phenoxy) is 1. The molecule has 0 bridgehead atoms. The van der Waals surface area contributed by atoms with E-state index in [9.17, 15) is 20.2 Å². The van der Waals surface area contributed by atoms with E-state index in [0.717, 1.165) is 0 Å². The number of hydrogen-bond acceptors (Lipinski definition) is 6. The van der Waals surface area contributed by atoms with Gasteiger partial charge < -0.3 is 14.5 Å². The quantitative estimate of drug-likeness (QED) is 0.275. The summed E-state index contributed by atoms with van der Waals surface area (Å²) < 4.78 is 10.8. The van der Waals surface area contributed by atoms with Gasteiger partial charge in [-0.25, -0.2) is 0 Å². The third kappa shape index (κ3) is 4.54. The maximum absolute atomic E-state index is 12.4. The number of anilines is 1. The van der Waals surface area contributed by atoms with Crippen LogP contribution >= 0.6 is 0 Å². The van der Waals surface area contributed by atoms with Gasteiger partial charge in [0.2, 0.25) is 0 Å². The zero-order valence-electron chi connectivity index (χ0n) is 16.2. The van der Waals surface area contributed by atoms with Crippen molar-refractivity contribution in [3.8, 4) is 23.1 Å². The SMILES string of the molecule is COc1ccc(NC(=O)/C(C#N)=C\c2ccc(-c3ccc([N+](=O)[O-])cc3C)o2)cc1. The average Bonchev–Trinajstić information content (AvgIpc) is 3.20. The van der Waals surface area contributed by atoms with Gasteiger partial charge in [-0.2, -0.15) is 5.26 Å². The summed E-state index contributed by atoms with van der Waals surface area (Å²) in [6, 6.07) is 16.3. The van der Waals surface area contributed by atoms with Crippen LogP contribution in [0.25, 0.3) is 17.4 Å². The molecule has 1 amide bonds. The fraction of sp³-hybridized carbons (Fsp3) is 0.0909. The van der Waals surface area contributed by atoms with Crippen LogP contribution in [0.15, 0.2) is 64.6 Å². The number of rotatable bonds is 6. The lowest BCUT2D eigenvalue weighted by Gasteiger charge is -2.05. The van der Waals surface area contributed by atoms with Crippen LogP contribution in [0.2, 0.25) is 0 Å². The molecule has 8 nitrogen and oxygen atoms in total. The van der Waals surface area contributed by atoms with Crippen LogP contribution in [0.3, 0.4) is 0 Å². The van der Waals surface area contributed by atoms with E-state index >= 15 is 0 Å². The highest BCUT2D eigenvalue weighted by Gasteiger charge is 2.14. The molecular formula is C22H17N3O5. The first-order valence-corrected chi connectivity index (χ1v) is 8.83. The van der Waals surface area contributed by atoms with Gasteiger partial charge in [0, 0.05) is 29.5 Å². The van der Waals surface area contributed by atoms with E-state index in [2.05, 4.69) is 5.32 Å². The molecule has 0 aliphatic rings. The number of nitro groups is 1. The minimum absolute atomic E-state index is 0.00936. The molecule has 150 valence electrons. The second-order valence-corrected chi connectivity index (χ2v) is 6.31. The maximum Gasteiger partial charge on any atom is 0.269 e. The molecule has 0 fully saturated rings. The van der Waals surface area contributed by atoms with Crippen LogP contribution in [-0.2, 0) is 4.79 Å². The topological polar surface area (TPSA) is 118 Å². The predicted molar refractivity (Wildman–Crippen MR) is 111 cm³/mol. The summed E-state index contributed by atoms with van der Waals surface area (Å²) in [6.45, 7) is 1.74. The fourth-order valence-electron chi connectivity index (χ4n) is 2.78. The number of aryl methyl sites for hydroxylation is 1. The Bertz CT molecular complexity index is 1170. The molecule has 1 heterocycles. The summed E-state index contributed by atoms with van der Waals surface area (Å²) in [7, 11) is 1.54. The minimum Gasteiger partial charge on any atom is -0.497 e. The number of amides is 1. The summed E-state index contributed by atoms with van der Waals surface area (Å²) in [5, 5.41) is 22.9. The van der Waals surface area contributed by atoms with E-state index in [1.54, 1.807) is 56.5 Å². The molecule has 0 aliphatic carbocycles. The van der Waals surface area contributed by atoms with Crippen molar-refractivity contribution in [2.75, 3.05) is 12.4 Å². The van der Waals surface area contributed by atoms with Gasteiger partial charge in [-0.15, -0.1) is 0 Å². The molecule has 1 N–H and O–H groups in total. The Balaban J connectivity index is 1.80. The predicted octanol–water partition coefficient (Wildman–Crippen LogP) is 4.72. The number of carbonyl (C=O) groups is 1. The number of methoxy groups -OCH3 is 1. The first-order chi connectivity index (χ1) is 14.4. The molecule has 8 heteroatoms. The van der Waals surface area contributed by atoms with E-state index in [4.69, 9.17) is 9.15 Å². The Hall–Kier alpha value is -4.38. The van der Waals surface area contributed by atoms with E-state index in [-0.39, 0.29) is 11.3 Å². The number of non-ortho nitro benzene ring substituents is 1. The Labute approximate surface area is 172 Å². The number of nitriles is 1. The van der Waals surface area contributed by atoms with Crippen molar-refractivity contribution in [3.05, 3.63) is 81.6 Å². The molecule has 30 heavy (non-hydrogen) atoms. The number of carbonyl (C=O) groups excluding carboxylic acids is 1. The largest absolute Gasteiger partial charge is 0.497 e. The van der Waals surface area contributed by atoms with Crippen molar-refractivity contribution < 1.29 is 18.9 Å². The first kappa shape index (κ1) is 20.4. The van der Waals surface area contributed by atoms with Crippen LogP contribution < -0.4 is 10.1 Å². The zero-order valence-corrected chi connectivity index (χ0v) is 16.2. The normalized spacial score (nSPS) is 10.9. The summed E-state index contributed by atoms with van der Waals surface area (Å²) >= 11 is 0. The van der Waals surface area contributed by atoms with Gasteiger partial charge in [-0.3, -0.25) is 14.9 Å². The third-order valence-electron chi connectivity index (χ3n) is 4.31. The highest BCUT2D eigenvalue weighted by molar-refractivity contribution is 6.09. The Morgan fingerprint density at radius 3 is 2.53 bits per heavy atom. The summed E-state index contributed by atoms with van der Waals surface area (Å²) in [5.74, 6) is 0.853. The molecule has 0 radical (unpaired) electrons. The number of nitro benzene ring substituents is 1. The number of nitrogens with one attached hydrogen (secondary N) is 1. The van der Waals surface area contributed by atoms with Crippen molar-refractivity contribution in [1.29, 1.82) is 5.26 Å². The van der Waals surface area contributed by atoms with E-state index in [1.165, 1.54) is 18.2 Å². The molecular weight excluding hydrogens is 386 g/mol. The molecule has 2 aromatic carbocycles. The molecule has 0 unspecified atom stereocenters. The van der Waals surface area contributed by atoms with Crippen molar-refractivity contribution >= 4 is 23.4 Å². The van der Waals surface area contributed by atoms with Crippen molar-refractivity contribution in [3.63, 3.8) is 0 Å². The van der Waals surface area contributed by atoms with Crippen molar-refractivity contribution in [1.82, 2.24) is 0 Å². The Kier molecular flexibility index (Phi) is 5.94. The molecule has 0 saturated carbocycles. The number of benzene rings is 2. The molecule has 0 saturated heterocycles. The first-order valence-electron chi connectivity index (χ1n) is 8.83. The lowest BCUT2D eigenvalue weighted by atomic mass is 10.1. The lowest BCUT2D eigenvalue weighted by Crippen LogP contribution is -2.13. The van der Waals surface area contributed by atoms with E-state index < -0.39 is 10.8 Å². The van der Waals surface area contributed by atoms with Gasteiger partial charge in [0.15, 0.2) is 0 Å². The van der Waals surface area contributed by atoms with Crippen molar-refractivity contribution in [2.24, 2.45) is 0 Å². The minimum atomic E-state index is -0.577. The molecule has 1 aromatic heterocycles. The smallest absolute Gasteiger partial charge is 0.269 e. The average molecular weight is 403 g/mol. The summed E-state index contributed by atoms with van der Waals surface area (Å²) in [5.41, 5.74) is 1.73. The zero-order chi connectivity index (χ0) is 21.7. The summed E-state index contributed by atoms with van der Waals surface area (Å²) in [6.07, 6.45) is 1.34. The van der Waals surface area contributed by atoms with Gasteiger partial charge in [0.25, 0.3) is 11.6 Å². The second-order valence-electron chi connectivity index (χ2n) is 6.31. The van der Waals surface area contributed by atoms with Gasteiger partial charge >= 0.3 is 0 Å². The monoisotopic (exact) mass is 403 g/mol. The lowest BCUT2D eigenvalue weighted by molar-refractivity contribution is -0.384. The van der Waals surface area contributed by atoms with Crippen LogP contribution in [0.1, 0.15) is 11.3 Å². The second kappa shape index (κ2) is 8.75.